The Kier molecular flexibility index (Phi) is 8.34. The predicted octanol–water partition coefficient (Wildman–Crippen LogP) is 6.90. The van der Waals surface area contributed by atoms with Gasteiger partial charge in [-0.25, -0.2) is 9.18 Å². The molecule has 0 aliphatic heterocycles. The third-order valence-electron chi connectivity index (χ3n) is 4.36. The molecule has 0 spiro atoms. The molecule has 0 aromatic heterocycles. The number of ether oxygens (including phenoxy) is 1. The van der Waals surface area contributed by atoms with Crippen LogP contribution in [-0.4, -0.2) is 42.4 Å². The molecule has 0 radical (unpaired) electrons. The number of halogens is 11. The molecule has 0 aliphatic rings. The van der Waals surface area contributed by atoms with Gasteiger partial charge < -0.3 is 4.74 Å². The Balaban J connectivity index is 2.63. The zero-order chi connectivity index (χ0) is 24.1. The van der Waals surface area contributed by atoms with Crippen molar-refractivity contribution in [3.63, 3.8) is 0 Å². The Morgan fingerprint density at radius 3 is 1.68 bits per heavy atom. The van der Waals surface area contributed by atoms with Crippen molar-refractivity contribution in [1.82, 2.24) is 0 Å². The van der Waals surface area contributed by atoms with Crippen molar-refractivity contribution < 1.29 is 57.8 Å². The third kappa shape index (κ3) is 5.79. The van der Waals surface area contributed by atoms with Crippen molar-refractivity contribution in [2.24, 2.45) is 0 Å². The number of benzene rings is 1. The van der Waals surface area contributed by atoms with Crippen LogP contribution in [0.5, 0.6) is 0 Å². The number of rotatable bonds is 10. The molecule has 178 valence electrons. The van der Waals surface area contributed by atoms with E-state index in [9.17, 15) is 53.1 Å². The molecule has 1 aromatic carbocycles. The molecule has 0 saturated carbocycles. The first kappa shape index (κ1) is 27.0. The summed E-state index contributed by atoms with van der Waals surface area (Å²) in [7, 11) is 0. The minimum atomic E-state index is -7.24. The van der Waals surface area contributed by atoms with Gasteiger partial charge in [0.1, 0.15) is 0 Å². The summed E-state index contributed by atoms with van der Waals surface area (Å²) < 4.78 is 147. The van der Waals surface area contributed by atoms with Crippen LogP contribution in [0.1, 0.15) is 42.5 Å². The maximum absolute atomic E-state index is 14.0. The molecule has 1 aromatic rings. The van der Waals surface area contributed by atoms with Gasteiger partial charge >= 0.3 is 30.2 Å². The van der Waals surface area contributed by atoms with Crippen molar-refractivity contribution in [3.05, 3.63) is 35.9 Å². The monoisotopic (exact) mass is 474 g/mol. The van der Waals surface area contributed by atoms with E-state index >= 15 is 0 Å². The SMILES string of the molecule is O=C(OCCCCCCC(F)(C(F)(F)F)C(F)(F)C(F)(F)C(F)(F)F)c1ccccc1. The summed E-state index contributed by atoms with van der Waals surface area (Å²) in [6, 6.07) is 7.63. The Hall–Kier alpha value is -2.08. The third-order valence-corrected chi connectivity index (χ3v) is 4.36. The van der Waals surface area contributed by atoms with Gasteiger partial charge in [-0.3, -0.25) is 0 Å². The van der Waals surface area contributed by atoms with Crippen molar-refractivity contribution in [3.8, 4) is 0 Å². The Morgan fingerprint density at radius 1 is 0.677 bits per heavy atom. The quantitative estimate of drug-likeness (QED) is 0.210. The van der Waals surface area contributed by atoms with Gasteiger partial charge in [-0.15, -0.1) is 0 Å². The molecule has 1 unspecified atom stereocenters. The number of hydrogen-bond donors (Lipinski definition) is 0. The number of alkyl halides is 11. The van der Waals surface area contributed by atoms with E-state index in [0.717, 1.165) is 0 Å². The fraction of sp³-hybridized carbons (Fsp3) is 0.611. The highest BCUT2D eigenvalue weighted by Gasteiger charge is 2.85. The number of carbonyl (C=O) groups excluding carboxylic acids is 1. The molecule has 0 saturated heterocycles. The zero-order valence-corrected chi connectivity index (χ0v) is 15.6. The van der Waals surface area contributed by atoms with E-state index in [4.69, 9.17) is 4.74 Å². The van der Waals surface area contributed by atoms with E-state index in [2.05, 4.69) is 0 Å². The largest absolute Gasteiger partial charge is 0.462 e. The van der Waals surface area contributed by atoms with E-state index in [1.54, 1.807) is 18.2 Å². The highest BCUT2D eigenvalue weighted by atomic mass is 19.4. The number of carbonyl (C=O) groups is 1. The summed E-state index contributed by atoms with van der Waals surface area (Å²) in [6.07, 6.45) is -17.6. The molecule has 0 heterocycles. The lowest BCUT2D eigenvalue weighted by molar-refractivity contribution is -0.412. The van der Waals surface area contributed by atoms with Crippen LogP contribution in [0.4, 0.5) is 48.3 Å². The van der Waals surface area contributed by atoms with E-state index in [-0.39, 0.29) is 25.0 Å². The number of hydrogen-bond acceptors (Lipinski definition) is 2. The van der Waals surface area contributed by atoms with Crippen LogP contribution in [0.2, 0.25) is 0 Å². The van der Waals surface area contributed by atoms with Gasteiger partial charge in [0.2, 0.25) is 0 Å². The van der Waals surface area contributed by atoms with Crippen molar-refractivity contribution in [1.29, 1.82) is 0 Å². The van der Waals surface area contributed by atoms with Crippen LogP contribution in [0, 0.1) is 0 Å². The normalized spacial score (nSPS) is 15.5. The van der Waals surface area contributed by atoms with Gasteiger partial charge in [0, 0.05) is 0 Å². The molecular weight excluding hydrogens is 457 g/mol. The smallest absolute Gasteiger partial charge is 0.460 e. The van der Waals surface area contributed by atoms with Crippen LogP contribution in [0.15, 0.2) is 30.3 Å². The zero-order valence-electron chi connectivity index (χ0n) is 15.6. The summed E-state index contributed by atoms with van der Waals surface area (Å²) in [5.41, 5.74) is -5.89. The molecule has 1 rings (SSSR count). The van der Waals surface area contributed by atoms with Gasteiger partial charge in [-0.2, -0.15) is 43.9 Å². The van der Waals surface area contributed by atoms with Crippen molar-refractivity contribution in [2.75, 3.05) is 6.61 Å². The van der Waals surface area contributed by atoms with Crippen molar-refractivity contribution >= 4 is 5.97 Å². The second-order valence-electron chi connectivity index (χ2n) is 6.61. The highest BCUT2D eigenvalue weighted by molar-refractivity contribution is 5.89. The summed E-state index contributed by atoms with van der Waals surface area (Å²) in [4.78, 5) is 11.6. The van der Waals surface area contributed by atoms with Crippen LogP contribution in [0.3, 0.4) is 0 Å². The molecular formula is C18H17F11O2. The molecule has 0 N–H and O–H groups in total. The lowest BCUT2D eigenvalue weighted by Gasteiger charge is -2.39. The maximum Gasteiger partial charge on any atom is 0.460 e. The maximum atomic E-state index is 14.0. The van der Waals surface area contributed by atoms with Gasteiger partial charge in [0.25, 0.3) is 5.67 Å². The lowest BCUT2D eigenvalue weighted by Crippen LogP contribution is -2.67. The van der Waals surface area contributed by atoms with Crippen LogP contribution in [0.25, 0.3) is 0 Å². The molecule has 31 heavy (non-hydrogen) atoms. The molecule has 1 atom stereocenters. The Morgan fingerprint density at radius 2 is 1.19 bits per heavy atom. The second kappa shape index (κ2) is 9.60. The number of esters is 1. The minimum absolute atomic E-state index is 0.0129. The summed E-state index contributed by atoms with van der Waals surface area (Å²) in [5.74, 6) is -15.0. The first-order chi connectivity index (χ1) is 14.0. The van der Waals surface area contributed by atoms with Crippen LogP contribution >= 0.6 is 0 Å². The minimum Gasteiger partial charge on any atom is -0.462 e. The van der Waals surface area contributed by atoms with E-state index in [1.807, 2.05) is 0 Å². The average molecular weight is 474 g/mol. The molecule has 2 nitrogen and oxygen atoms in total. The van der Waals surface area contributed by atoms with Crippen LogP contribution in [-0.2, 0) is 4.74 Å². The van der Waals surface area contributed by atoms with Crippen molar-refractivity contribution in [2.45, 2.75) is 62.0 Å². The fourth-order valence-electron chi connectivity index (χ4n) is 2.55. The molecule has 0 bridgehead atoms. The fourth-order valence-corrected chi connectivity index (χ4v) is 2.55. The first-order valence-corrected chi connectivity index (χ1v) is 8.79. The molecule has 0 aliphatic carbocycles. The first-order valence-electron chi connectivity index (χ1n) is 8.79. The Labute approximate surface area is 169 Å². The van der Waals surface area contributed by atoms with Gasteiger partial charge in [-0.05, 0) is 31.4 Å². The standard InChI is InChI=1S/C18H17F11O2/c19-14(17(24,25)26,15(20,21)16(22,23)18(27,28)29)10-6-1-2-7-11-31-13(30)12-8-4-3-5-9-12/h3-5,8-9H,1-2,6-7,10-11H2. The van der Waals surface area contributed by atoms with E-state index < -0.39 is 55.1 Å². The van der Waals surface area contributed by atoms with Gasteiger partial charge in [0.05, 0.1) is 12.2 Å². The Bertz CT molecular complexity index is 713. The second-order valence-corrected chi connectivity index (χ2v) is 6.61. The average Bonchev–Trinajstić information content (AvgIpc) is 2.65. The van der Waals surface area contributed by atoms with E-state index in [0.29, 0.717) is 0 Å². The highest BCUT2D eigenvalue weighted by Crippen LogP contribution is 2.58. The van der Waals surface area contributed by atoms with Gasteiger partial charge in [0.15, 0.2) is 0 Å². The molecule has 13 heteroatoms. The number of unbranched alkanes of at least 4 members (excludes halogenated alkanes) is 3. The van der Waals surface area contributed by atoms with Gasteiger partial charge in [-0.1, -0.05) is 31.0 Å². The summed E-state index contributed by atoms with van der Waals surface area (Å²) in [6.45, 7) is -0.226. The summed E-state index contributed by atoms with van der Waals surface area (Å²) in [5, 5.41) is 0. The molecule has 0 amide bonds. The molecule has 0 fully saturated rings. The topological polar surface area (TPSA) is 26.3 Å². The van der Waals surface area contributed by atoms with Crippen LogP contribution < -0.4 is 0 Å². The lowest BCUT2D eigenvalue weighted by atomic mass is 9.86. The summed E-state index contributed by atoms with van der Waals surface area (Å²) >= 11 is 0. The predicted molar refractivity (Wildman–Crippen MR) is 85.7 cm³/mol. The van der Waals surface area contributed by atoms with E-state index in [1.165, 1.54) is 12.1 Å².